The summed E-state index contributed by atoms with van der Waals surface area (Å²) < 4.78 is 11.6. The Balaban J connectivity index is 2.71. The third-order valence-electron chi connectivity index (χ3n) is 3.04. The lowest BCUT2D eigenvalue weighted by Gasteiger charge is -2.19. The first-order chi connectivity index (χ1) is 10.6. The van der Waals surface area contributed by atoms with Crippen LogP contribution >= 0.6 is 0 Å². The number of aldehydes is 1. The molecule has 1 rings (SSSR count). The van der Waals surface area contributed by atoms with Gasteiger partial charge in [-0.25, -0.2) is 0 Å². The van der Waals surface area contributed by atoms with Gasteiger partial charge in [-0.3, -0.25) is 0 Å². The first-order valence-electron chi connectivity index (χ1n) is 8.30. The van der Waals surface area contributed by atoms with Gasteiger partial charge >= 0.3 is 0 Å². The molecule has 0 atom stereocenters. The van der Waals surface area contributed by atoms with Crippen molar-refractivity contribution in [2.75, 3.05) is 13.2 Å². The van der Waals surface area contributed by atoms with Crippen molar-refractivity contribution in [1.29, 1.82) is 0 Å². The summed E-state index contributed by atoms with van der Waals surface area (Å²) in [5.74, 6) is 0. The molecule has 130 valence electrons. The van der Waals surface area contributed by atoms with Crippen molar-refractivity contribution in [2.45, 2.75) is 61.2 Å². The van der Waals surface area contributed by atoms with Crippen LogP contribution in [0.25, 0.3) is 0 Å². The van der Waals surface area contributed by atoms with E-state index in [4.69, 9.17) is 9.47 Å². The molecule has 0 saturated heterocycles. The van der Waals surface area contributed by atoms with E-state index in [1.165, 1.54) is 0 Å². The summed E-state index contributed by atoms with van der Waals surface area (Å²) in [5.41, 5.74) is 3.52. The zero-order valence-corrected chi connectivity index (χ0v) is 15.6. The number of hydrogen-bond acceptors (Lipinski definition) is 3. The fourth-order valence-corrected chi connectivity index (χ4v) is 2.17. The number of carbonyl (C=O) groups excluding carboxylic acids is 1. The summed E-state index contributed by atoms with van der Waals surface area (Å²) in [6.07, 6.45) is 1.37. The van der Waals surface area contributed by atoms with Crippen molar-refractivity contribution < 1.29 is 14.3 Å². The quantitative estimate of drug-likeness (QED) is 0.659. The van der Waals surface area contributed by atoms with Crippen LogP contribution in [0.5, 0.6) is 0 Å². The number of benzene rings is 1. The van der Waals surface area contributed by atoms with E-state index >= 15 is 0 Å². The molecule has 0 unspecified atom stereocenters. The summed E-state index contributed by atoms with van der Waals surface area (Å²) >= 11 is 0. The van der Waals surface area contributed by atoms with E-state index in [9.17, 15) is 4.79 Å². The van der Waals surface area contributed by atoms with E-state index in [0.29, 0.717) is 32.8 Å². The Hall–Kier alpha value is -1.19. The summed E-state index contributed by atoms with van der Waals surface area (Å²) in [6, 6.07) is 6.20. The van der Waals surface area contributed by atoms with E-state index in [-0.39, 0.29) is 10.8 Å². The highest BCUT2D eigenvalue weighted by Crippen LogP contribution is 2.18. The first-order valence-corrected chi connectivity index (χ1v) is 8.30. The Morgan fingerprint density at radius 2 is 1.17 bits per heavy atom. The fraction of sp³-hybridized carbons (Fsp3) is 0.650. The van der Waals surface area contributed by atoms with Crippen LogP contribution in [-0.2, 0) is 33.9 Å². The standard InChI is InChI=1S/C20H32O3/c1-19(2,3)14-22-12-17-9-16(7-8-21)10-18(11-17)13-23-15-20(4,5)6/h8-11H,7,12-15H2,1-6H3. The smallest absolute Gasteiger partial charge is 0.124 e. The number of rotatable bonds is 8. The van der Waals surface area contributed by atoms with Crippen molar-refractivity contribution in [3.8, 4) is 0 Å². The Labute approximate surface area is 141 Å². The van der Waals surface area contributed by atoms with Crippen molar-refractivity contribution in [3.05, 3.63) is 34.9 Å². The Morgan fingerprint density at radius 3 is 1.52 bits per heavy atom. The summed E-state index contributed by atoms with van der Waals surface area (Å²) in [5, 5.41) is 0. The van der Waals surface area contributed by atoms with Crippen LogP contribution in [0.2, 0.25) is 0 Å². The maximum atomic E-state index is 10.8. The van der Waals surface area contributed by atoms with Gasteiger partial charge in [0.05, 0.1) is 26.4 Å². The monoisotopic (exact) mass is 320 g/mol. The SMILES string of the molecule is CC(C)(C)COCc1cc(CC=O)cc(COCC(C)(C)C)c1. The second kappa shape index (κ2) is 8.60. The molecule has 1 aromatic rings. The molecule has 0 N–H and O–H groups in total. The van der Waals surface area contributed by atoms with Gasteiger partial charge in [0, 0.05) is 6.42 Å². The van der Waals surface area contributed by atoms with Crippen molar-refractivity contribution in [2.24, 2.45) is 10.8 Å². The Kier molecular flexibility index (Phi) is 7.43. The van der Waals surface area contributed by atoms with Gasteiger partial charge in [0.15, 0.2) is 0 Å². The van der Waals surface area contributed by atoms with Crippen LogP contribution < -0.4 is 0 Å². The maximum Gasteiger partial charge on any atom is 0.124 e. The highest BCUT2D eigenvalue weighted by molar-refractivity contribution is 5.55. The summed E-state index contributed by atoms with van der Waals surface area (Å²) in [4.78, 5) is 10.8. The lowest BCUT2D eigenvalue weighted by atomic mass is 9.98. The molecule has 1 aromatic carbocycles. The van der Waals surface area contributed by atoms with E-state index in [1.54, 1.807) is 0 Å². The average Bonchev–Trinajstić information content (AvgIpc) is 2.35. The molecule has 23 heavy (non-hydrogen) atoms. The van der Waals surface area contributed by atoms with E-state index < -0.39 is 0 Å². The Bertz CT molecular complexity index is 454. The van der Waals surface area contributed by atoms with Crippen LogP contribution in [0.4, 0.5) is 0 Å². The normalized spacial score (nSPS) is 12.4. The topological polar surface area (TPSA) is 35.5 Å². The van der Waals surface area contributed by atoms with Gasteiger partial charge in [0.1, 0.15) is 6.29 Å². The van der Waals surface area contributed by atoms with Crippen LogP contribution in [0.3, 0.4) is 0 Å². The van der Waals surface area contributed by atoms with E-state index in [2.05, 4.69) is 47.6 Å². The lowest BCUT2D eigenvalue weighted by Crippen LogP contribution is -2.15. The minimum absolute atomic E-state index is 0.152. The zero-order valence-electron chi connectivity index (χ0n) is 15.6. The molecule has 0 heterocycles. The third kappa shape index (κ3) is 9.52. The van der Waals surface area contributed by atoms with E-state index in [0.717, 1.165) is 23.0 Å². The lowest BCUT2D eigenvalue weighted by molar-refractivity contribution is -0.107. The molecule has 0 amide bonds. The van der Waals surface area contributed by atoms with Gasteiger partial charge in [-0.2, -0.15) is 0 Å². The second-order valence-electron chi connectivity index (χ2n) is 8.64. The molecule has 0 aliphatic rings. The molecule has 0 radical (unpaired) electrons. The van der Waals surface area contributed by atoms with Crippen LogP contribution in [-0.4, -0.2) is 19.5 Å². The number of hydrogen-bond donors (Lipinski definition) is 0. The largest absolute Gasteiger partial charge is 0.376 e. The van der Waals surface area contributed by atoms with Crippen molar-refractivity contribution in [3.63, 3.8) is 0 Å². The molecule has 0 fully saturated rings. The maximum absolute atomic E-state index is 10.8. The van der Waals surface area contributed by atoms with Gasteiger partial charge in [0.25, 0.3) is 0 Å². The predicted molar refractivity (Wildman–Crippen MR) is 94.4 cm³/mol. The van der Waals surface area contributed by atoms with Crippen molar-refractivity contribution in [1.82, 2.24) is 0 Å². The van der Waals surface area contributed by atoms with Gasteiger partial charge in [-0.15, -0.1) is 0 Å². The van der Waals surface area contributed by atoms with Crippen LogP contribution in [0.1, 0.15) is 58.2 Å². The predicted octanol–water partition coefficient (Wildman–Crippen LogP) is 4.55. The van der Waals surface area contributed by atoms with Gasteiger partial charge in [-0.1, -0.05) is 59.7 Å². The first kappa shape index (κ1) is 19.9. The summed E-state index contributed by atoms with van der Waals surface area (Å²) in [7, 11) is 0. The fourth-order valence-electron chi connectivity index (χ4n) is 2.17. The number of ether oxygens (including phenoxy) is 2. The van der Waals surface area contributed by atoms with Crippen LogP contribution in [0, 0.1) is 10.8 Å². The highest BCUT2D eigenvalue weighted by Gasteiger charge is 2.12. The molecule has 0 aliphatic heterocycles. The molecular formula is C20H32O3. The molecule has 0 spiro atoms. The molecule has 3 heteroatoms. The van der Waals surface area contributed by atoms with Crippen LogP contribution in [0.15, 0.2) is 18.2 Å². The minimum atomic E-state index is 0.152. The molecule has 0 bridgehead atoms. The molecule has 0 aromatic heterocycles. The zero-order chi connectivity index (χ0) is 17.5. The molecular weight excluding hydrogens is 288 g/mol. The second-order valence-corrected chi connectivity index (χ2v) is 8.64. The highest BCUT2D eigenvalue weighted by atomic mass is 16.5. The third-order valence-corrected chi connectivity index (χ3v) is 3.04. The molecule has 3 nitrogen and oxygen atoms in total. The van der Waals surface area contributed by atoms with Gasteiger partial charge in [0.2, 0.25) is 0 Å². The van der Waals surface area contributed by atoms with Crippen molar-refractivity contribution >= 4 is 6.29 Å². The van der Waals surface area contributed by atoms with Gasteiger partial charge in [-0.05, 0) is 27.5 Å². The van der Waals surface area contributed by atoms with E-state index in [1.807, 2.05) is 12.1 Å². The van der Waals surface area contributed by atoms with Gasteiger partial charge < -0.3 is 14.3 Å². The Morgan fingerprint density at radius 1 is 0.783 bits per heavy atom. The minimum Gasteiger partial charge on any atom is -0.376 e. The number of carbonyl (C=O) groups is 1. The average molecular weight is 320 g/mol. The molecule has 0 aliphatic carbocycles. The molecule has 0 saturated carbocycles. The summed E-state index contributed by atoms with van der Waals surface area (Å²) in [6.45, 7) is 15.5.